The van der Waals surface area contributed by atoms with Crippen LogP contribution < -0.4 is 0 Å². The van der Waals surface area contributed by atoms with E-state index in [1.54, 1.807) is 0 Å². The van der Waals surface area contributed by atoms with E-state index < -0.39 is 0 Å². The number of aliphatic hydroxyl groups excluding tert-OH is 1. The van der Waals surface area contributed by atoms with E-state index in [2.05, 4.69) is 38.1 Å². The third-order valence-corrected chi connectivity index (χ3v) is 6.58. The van der Waals surface area contributed by atoms with Crippen molar-refractivity contribution in [2.75, 3.05) is 0 Å². The molecule has 1 N–H and O–H groups in total. The molecule has 21 heavy (non-hydrogen) atoms. The van der Waals surface area contributed by atoms with Gasteiger partial charge in [-0.2, -0.15) is 0 Å². The molecule has 1 aromatic carbocycles. The summed E-state index contributed by atoms with van der Waals surface area (Å²) in [6.07, 6.45) is 7.89. The van der Waals surface area contributed by atoms with Crippen molar-refractivity contribution < 1.29 is 5.11 Å². The van der Waals surface area contributed by atoms with E-state index >= 15 is 0 Å². The molecule has 1 heteroatoms. The number of aliphatic hydroxyl groups is 1. The maximum Gasteiger partial charge on any atom is 0.0846 e. The van der Waals surface area contributed by atoms with Gasteiger partial charge in [0.25, 0.3) is 0 Å². The summed E-state index contributed by atoms with van der Waals surface area (Å²) in [7, 11) is 0. The lowest BCUT2D eigenvalue weighted by Crippen LogP contribution is -2.48. The highest BCUT2D eigenvalue weighted by Gasteiger charge is 2.54. The highest BCUT2D eigenvalue weighted by molar-refractivity contribution is 5.28. The van der Waals surface area contributed by atoms with Gasteiger partial charge in [-0.25, -0.2) is 0 Å². The van der Waals surface area contributed by atoms with E-state index in [4.69, 9.17) is 0 Å². The van der Waals surface area contributed by atoms with Gasteiger partial charge in [0.1, 0.15) is 0 Å². The van der Waals surface area contributed by atoms with E-state index in [0.717, 1.165) is 23.3 Å². The molecule has 4 aliphatic carbocycles. The van der Waals surface area contributed by atoms with Crippen molar-refractivity contribution in [3.05, 3.63) is 35.4 Å². The molecule has 1 unspecified atom stereocenters. The monoisotopic (exact) mass is 284 g/mol. The third kappa shape index (κ3) is 2.25. The molecule has 0 saturated heterocycles. The first kappa shape index (κ1) is 13.8. The summed E-state index contributed by atoms with van der Waals surface area (Å²) in [4.78, 5) is 0. The van der Waals surface area contributed by atoms with Crippen molar-refractivity contribution in [2.45, 2.75) is 64.4 Å². The Morgan fingerprint density at radius 2 is 1.29 bits per heavy atom. The van der Waals surface area contributed by atoms with Crippen LogP contribution in [0.1, 0.15) is 75.5 Å². The fourth-order valence-electron chi connectivity index (χ4n) is 5.93. The van der Waals surface area contributed by atoms with Crippen LogP contribution in [0.15, 0.2) is 24.3 Å². The summed E-state index contributed by atoms with van der Waals surface area (Å²) in [6.45, 7) is 4.45. The maximum atomic E-state index is 11.1. The topological polar surface area (TPSA) is 20.2 Å². The second-order valence-corrected chi connectivity index (χ2v) is 8.50. The molecule has 0 aromatic heterocycles. The lowest BCUT2D eigenvalue weighted by molar-refractivity contribution is -0.122. The van der Waals surface area contributed by atoms with Gasteiger partial charge in [-0.15, -0.1) is 0 Å². The van der Waals surface area contributed by atoms with E-state index in [-0.39, 0.29) is 11.5 Å². The summed E-state index contributed by atoms with van der Waals surface area (Å²) in [5, 5.41) is 11.1. The standard InChI is InChI=1S/C20H28O/c1-13(2)17-3-5-18(6-4-17)19(21)20-10-14-7-15(11-20)9-16(8-14)12-20/h3-6,13-16,19,21H,7-12H2,1-2H3. The predicted molar refractivity (Wildman–Crippen MR) is 86.1 cm³/mol. The highest BCUT2D eigenvalue weighted by Crippen LogP contribution is 2.63. The van der Waals surface area contributed by atoms with Gasteiger partial charge < -0.3 is 5.11 Å². The predicted octanol–water partition coefficient (Wildman–Crippen LogP) is 5.06. The van der Waals surface area contributed by atoms with Crippen LogP contribution in [0.3, 0.4) is 0 Å². The van der Waals surface area contributed by atoms with Crippen LogP contribution in [-0.4, -0.2) is 5.11 Å². The molecule has 0 radical (unpaired) electrons. The Balaban J connectivity index is 1.60. The Morgan fingerprint density at radius 1 is 0.857 bits per heavy atom. The molecule has 4 fully saturated rings. The number of hydrogen-bond donors (Lipinski definition) is 1. The first-order chi connectivity index (χ1) is 10.1. The van der Waals surface area contributed by atoms with Crippen LogP contribution >= 0.6 is 0 Å². The lowest BCUT2D eigenvalue weighted by Gasteiger charge is -2.58. The molecular formula is C20H28O. The van der Waals surface area contributed by atoms with Gasteiger partial charge in [0.2, 0.25) is 0 Å². The van der Waals surface area contributed by atoms with Crippen molar-refractivity contribution in [3.8, 4) is 0 Å². The summed E-state index contributed by atoms with van der Waals surface area (Å²) < 4.78 is 0. The molecule has 4 bridgehead atoms. The Morgan fingerprint density at radius 3 is 1.71 bits per heavy atom. The van der Waals surface area contributed by atoms with Crippen molar-refractivity contribution in [1.29, 1.82) is 0 Å². The summed E-state index contributed by atoms with van der Waals surface area (Å²) in [5.74, 6) is 3.28. The van der Waals surface area contributed by atoms with Gasteiger partial charge in [0.15, 0.2) is 0 Å². The van der Waals surface area contributed by atoms with Gasteiger partial charge in [0, 0.05) is 5.41 Å². The zero-order valence-corrected chi connectivity index (χ0v) is 13.4. The SMILES string of the molecule is CC(C)c1ccc(C(O)C23CC4CC(CC(C4)C2)C3)cc1. The number of hydrogen-bond acceptors (Lipinski definition) is 1. The Labute approximate surface area is 128 Å². The molecule has 0 aliphatic heterocycles. The van der Waals surface area contributed by atoms with Crippen LogP contribution in [0.4, 0.5) is 0 Å². The molecular weight excluding hydrogens is 256 g/mol. The van der Waals surface area contributed by atoms with E-state index in [1.807, 2.05) is 0 Å². The molecule has 1 nitrogen and oxygen atoms in total. The molecule has 1 atom stereocenters. The zero-order valence-electron chi connectivity index (χ0n) is 13.4. The van der Waals surface area contributed by atoms with Gasteiger partial charge in [-0.3, -0.25) is 0 Å². The summed E-state index contributed by atoms with van der Waals surface area (Å²) >= 11 is 0. The molecule has 0 amide bonds. The van der Waals surface area contributed by atoms with Gasteiger partial charge in [-0.1, -0.05) is 38.1 Å². The number of rotatable bonds is 3. The van der Waals surface area contributed by atoms with Crippen LogP contribution in [-0.2, 0) is 0 Å². The molecule has 114 valence electrons. The van der Waals surface area contributed by atoms with E-state index in [9.17, 15) is 5.11 Å². The molecule has 5 rings (SSSR count). The second kappa shape index (κ2) is 4.84. The molecule has 4 aliphatic rings. The largest absolute Gasteiger partial charge is 0.388 e. The quantitative estimate of drug-likeness (QED) is 0.822. The Bertz CT molecular complexity index is 478. The molecule has 0 heterocycles. The second-order valence-electron chi connectivity index (χ2n) is 8.50. The van der Waals surface area contributed by atoms with Crippen LogP contribution in [0.5, 0.6) is 0 Å². The molecule has 1 aromatic rings. The molecule has 4 saturated carbocycles. The van der Waals surface area contributed by atoms with Crippen molar-refractivity contribution in [2.24, 2.45) is 23.2 Å². The van der Waals surface area contributed by atoms with Crippen LogP contribution in [0.25, 0.3) is 0 Å². The first-order valence-corrected chi connectivity index (χ1v) is 8.84. The van der Waals surface area contributed by atoms with Crippen LogP contribution in [0.2, 0.25) is 0 Å². The highest BCUT2D eigenvalue weighted by atomic mass is 16.3. The van der Waals surface area contributed by atoms with Crippen molar-refractivity contribution >= 4 is 0 Å². The fourth-order valence-corrected chi connectivity index (χ4v) is 5.93. The smallest absolute Gasteiger partial charge is 0.0846 e. The summed E-state index contributed by atoms with van der Waals surface area (Å²) in [6, 6.07) is 8.78. The van der Waals surface area contributed by atoms with Gasteiger partial charge in [0.05, 0.1) is 6.10 Å². The first-order valence-electron chi connectivity index (χ1n) is 8.84. The fraction of sp³-hybridized carbons (Fsp3) is 0.700. The Kier molecular flexibility index (Phi) is 3.19. The van der Waals surface area contributed by atoms with Gasteiger partial charge >= 0.3 is 0 Å². The Hall–Kier alpha value is -0.820. The van der Waals surface area contributed by atoms with Crippen LogP contribution in [0, 0.1) is 23.2 Å². The average Bonchev–Trinajstić information content (AvgIpc) is 2.45. The summed E-state index contributed by atoms with van der Waals surface area (Å²) in [5.41, 5.74) is 2.73. The minimum Gasteiger partial charge on any atom is -0.388 e. The van der Waals surface area contributed by atoms with Crippen molar-refractivity contribution in [1.82, 2.24) is 0 Å². The van der Waals surface area contributed by atoms with E-state index in [0.29, 0.717) is 5.92 Å². The third-order valence-electron chi connectivity index (χ3n) is 6.58. The molecule has 0 spiro atoms. The van der Waals surface area contributed by atoms with Crippen molar-refractivity contribution in [3.63, 3.8) is 0 Å². The number of benzene rings is 1. The minimum atomic E-state index is -0.243. The average molecular weight is 284 g/mol. The minimum absolute atomic E-state index is 0.202. The lowest BCUT2D eigenvalue weighted by atomic mass is 9.47. The zero-order chi connectivity index (χ0) is 14.6. The van der Waals surface area contributed by atoms with Gasteiger partial charge in [-0.05, 0) is 73.3 Å². The maximum absolute atomic E-state index is 11.1. The van der Waals surface area contributed by atoms with E-state index in [1.165, 1.54) is 44.1 Å². The normalized spacial score (nSPS) is 39.0.